The Labute approximate surface area is 147 Å². The van der Waals surface area contributed by atoms with Crippen LogP contribution in [0.2, 0.25) is 0 Å². The summed E-state index contributed by atoms with van der Waals surface area (Å²) in [6.07, 6.45) is 1.07. The number of nitrogens with one attached hydrogen (secondary N) is 1. The SMILES string of the molecule is CC1Cc2ccc(-c3cc(COC(=O)c4ccc(=O)[nH]n4)no3)cc2O1. The predicted molar refractivity (Wildman–Crippen MR) is 89.7 cm³/mol. The quantitative estimate of drug-likeness (QED) is 0.716. The van der Waals surface area contributed by atoms with E-state index in [0.29, 0.717) is 11.5 Å². The lowest BCUT2D eigenvalue weighted by Crippen LogP contribution is -2.13. The number of ether oxygens (including phenoxy) is 2. The van der Waals surface area contributed by atoms with E-state index >= 15 is 0 Å². The van der Waals surface area contributed by atoms with E-state index in [2.05, 4.69) is 15.4 Å². The van der Waals surface area contributed by atoms with Crippen molar-refractivity contribution in [3.05, 3.63) is 63.7 Å². The molecule has 3 heterocycles. The van der Waals surface area contributed by atoms with Crippen LogP contribution in [0.5, 0.6) is 5.75 Å². The minimum absolute atomic E-state index is 0.0122. The summed E-state index contributed by atoms with van der Waals surface area (Å²) in [4.78, 5) is 22.8. The van der Waals surface area contributed by atoms with Gasteiger partial charge in [0.25, 0.3) is 5.56 Å². The van der Waals surface area contributed by atoms with Crippen LogP contribution in [0.15, 0.2) is 45.7 Å². The minimum Gasteiger partial charge on any atom is -0.490 e. The molecule has 0 spiro atoms. The largest absolute Gasteiger partial charge is 0.490 e. The molecule has 3 aromatic rings. The maximum absolute atomic E-state index is 11.9. The normalized spacial score (nSPS) is 15.3. The molecule has 0 radical (unpaired) electrons. The maximum atomic E-state index is 11.9. The van der Waals surface area contributed by atoms with Crippen molar-refractivity contribution >= 4 is 5.97 Å². The van der Waals surface area contributed by atoms with E-state index in [1.807, 2.05) is 25.1 Å². The van der Waals surface area contributed by atoms with Crippen LogP contribution in [0, 0.1) is 0 Å². The van der Waals surface area contributed by atoms with Gasteiger partial charge >= 0.3 is 5.97 Å². The number of carbonyl (C=O) groups is 1. The Morgan fingerprint density at radius 3 is 3.00 bits per heavy atom. The third-order valence-electron chi connectivity index (χ3n) is 3.99. The van der Waals surface area contributed by atoms with E-state index in [9.17, 15) is 9.59 Å². The van der Waals surface area contributed by atoms with Gasteiger partial charge in [-0.25, -0.2) is 9.89 Å². The number of rotatable bonds is 4. The van der Waals surface area contributed by atoms with Gasteiger partial charge in [-0.05, 0) is 24.6 Å². The van der Waals surface area contributed by atoms with E-state index in [1.165, 1.54) is 17.7 Å². The summed E-state index contributed by atoms with van der Waals surface area (Å²) in [5.74, 6) is 0.749. The van der Waals surface area contributed by atoms with Gasteiger partial charge in [0, 0.05) is 24.1 Å². The van der Waals surface area contributed by atoms with Gasteiger partial charge in [0.05, 0.1) is 0 Å². The first-order valence-electron chi connectivity index (χ1n) is 8.07. The monoisotopic (exact) mass is 353 g/mol. The summed E-state index contributed by atoms with van der Waals surface area (Å²) in [5, 5.41) is 9.70. The van der Waals surface area contributed by atoms with Crippen LogP contribution in [0.4, 0.5) is 0 Å². The number of esters is 1. The molecule has 26 heavy (non-hydrogen) atoms. The topological polar surface area (TPSA) is 107 Å². The van der Waals surface area contributed by atoms with E-state index < -0.39 is 11.5 Å². The molecule has 0 amide bonds. The van der Waals surface area contributed by atoms with Gasteiger partial charge in [-0.2, -0.15) is 5.10 Å². The van der Waals surface area contributed by atoms with Crippen LogP contribution in [0.3, 0.4) is 0 Å². The van der Waals surface area contributed by atoms with Crippen LogP contribution < -0.4 is 10.3 Å². The molecule has 0 bridgehead atoms. The van der Waals surface area contributed by atoms with Crippen molar-refractivity contribution in [3.63, 3.8) is 0 Å². The molecular formula is C18H15N3O5. The Bertz CT molecular complexity index is 1000. The highest BCUT2D eigenvalue weighted by molar-refractivity contribution is 5.86. The molecule has 1 unspecified atom stereocenters. The van der Waals surface area contributed by atoms with Gasteiger partial charge in [-0.1, -0.05) is 17.3 Å². The first-order chi connectivity index (χ1) is 12.6. The van der Waals surface area contributed by atoms with Crippen molar-refractivity contribution in [1.29, 1.82) is 0 Å². The number of H-pyrrole nitrogens is 1. The van der Waals surface area contributed by atoms with E-state index in [-0.39, 0.29) is 18.4 Å². The number of fused-ring (bicyclic) bond motifs is 1. The van der Waals surface area contributed by atoms with Crippen molar-refractivity contribution in [2.24, 2.45) is 0 Å². The highest BCUT2D eigenvalue weighted by Crippen LogP contribution is 2.33. The molecule has 2 aromatic heterocycles. The molecule has 0 fully saturated rings. The van der Waals surface area contributed by atoms with Crippen molar-refractivity contribution in [1.82, 2.24) is 15.4 Å². The molecule has 4 rings (SSSR count). The Balaban J connectivity index is 1.44. The van der Waals surface area contributed by atoms with Crippen molar-refractivity contribution < 1.29 is 18.8 Å². The lowest BCUT2D eigenvalue weighted by molar-refractivity contribution is 0.0456. The molecule has 1 N–H and O–H groups in total. The summed E-state index contributed by atoms with van der Waals surface area (Å²) in [6.45, 7) is 1.96. The van der Waals surface area contributed by atoms with Gasteiger partial charge in [0.2, 0.25) is 0 Å². The molecule has 8 nitrogen and oxygen atoms in total. The summed E-state index contributed by atoms with van der Waals surface area (Å²) in [5.41, 5.74) is 2.09. The molecule has 1 aromatic carbocycles. The van der Waals surface area contributed by atoms with Crippen LogP contribution in [0.25, 0.3) is 11.3 Å². The number of aromatic nitrogens is 3. The molecule has 0 saturated carbocycles. The minimum atomic E-state index is -0.661. The molecular weight excluding hydrogens is 338 g/mol. The molecule has 1 aliphatic heterocycles. The zero-order valence-electron chi connectivity index (χ0n) is 13.9. The fourth-order valence-corrected chi connectivity index (χ4v) is 2.74. The number of hydrogen-bond acceptors (Lipinski definition) is 7. The van der Waals surface area contributed by atoms with Crippen LogP contribution >= 0.6 is 0 Å². The lowest BCUT2D eigenvalue weighted by atomic mass is 10.1. The Hall–Kier alpha value is -3.42. The molecule has 8 heteroatoms. The second kappa shape index (κ2) is 6.47. The molecule has 132 valence electrons. The number of aromatic amines is 1. The van der Waals surface area contributed by atoms with Crippen molar-refractivity contribution in [3.8, 4) is 17.1 Å². The maximum Gasteiger partial charge on any atom is 0.359 e. The third kappa shape index (κ3) is 3.21. The van der Waals surface area contributed by atoms with Gasteiger partial charge in [-0.3, -0.25) is 4.79 Å². The van der Waals surface area contributed by atoms with Crippen LogP contribution in [0.1, 0.15) is 28.7 Å². The Morgan fingerprint density at radius 1 is 1.31 bits per heavy atom. The third-order valence-corrected chi connectivity index (χ3v) is 3.99. The summed E-state index contributed by atoms with van der Waals surface area (Å²) in [6, 6.07) is 10.1. The predicted octanol–water partition coefficient (Wildman–Crippen LogP) is 2.11. The second-order valence-electron chi connectivity index (χ2n) is 6.02. The van der Waals surface area contributed by atoms with Crippen LogP contribution in [-0.2, 0) is 17.8 Å². The van der Waals surface area contributed by atoms with Crippen molar-refractivity contribution in [2.45, 2.75) is 26.1 Å². The first-order valence-corrected chi connectivity index (χ1v) is 8.07. The Kier molecular flexibility index (Phi) is 4.00. The van der Waals surface area contributed by atoms with Crippen molar-refractivity contribution in [2.75, 3.05) is 0 Å². The van der Waals surface area contributed by atoms with E-state index in [4.69, 9.17) is 14.0 Å². The molecule has 1 atom stereocenters. The fourth-order valence-electron chi connectivity index (χ4n) is 2.74. The number of benzene rings is 1. The average molecular weight is 353 g/mol. The van der Waals surface area contributed by atoms with E-state index in [1.54, 1.807) is 6.07 Å². The number of carbonyl (C=O) groups excluding carboxylic acids is 1. The second-order valence-corrected chi connectivity index (χ2v) is 6.02. The molecule has 0 saturated heterocycles. The average Bonchev–Trinajstić information content (AvgIpc) is 3.25. The van der Waals surface area contributed by atoms with Gasteiger partial charge < -0.3 is 14.0 Å². The summed E-state index contributed by atoms with van der Waals surface area (Å²) >= 11 is 0. The first kappa shape index (κ1) is 16.1. The van der Waals surface area contributed by atoms with Gasteiger partial charge in [0.1, 0.15) is 24.2 Å². The molecule has 1 aliphatic rings. The van der Waals surface area contributed by atoms with Gasteiger partial charge in [-0.15, -0.1) is 0 Å². The number of hydrogen-bond donors (Lipinski definition) is 1. The summed E-state index contributed by atoms with van der Waals surface area (Å²) in [7, 11) is 0. The highest BCUT2D eigenvalue weighted by atomic mass is 16.5. The van der Waals surface area contributed by atoms with E-state index in [0.717, 1.165) is 17.7 Å². The lowest BCUT2D eigenvalue weighted by Gasteiger charge is -2.03. The number of nitrogens with zero attached hydrogens (tertiary/aromatic N) is 2. The zero-order chi connectivity index (χ0) is 18.1. The highest BCUT2D eigenvalue weighted by Gasteiger charge is 2.20. The Morgan fingerprint density at radius 2 is 2.19 bits per heavy atom. The zero-order valence-corrected chi connectivity index (χ0v) is 13.9. The van der Waals surface area contributed by atoms with Gasteiger partial charge in [0.15, 0.2) is 11.5 Å². The fraction of sp³-hybridized carbons (Fsp3) is 0.222. The molecule has 0 aliphatic carbocycles. The standard InChI is InChI=1S/C18H15N3O5/c1-10-6-11-2-3-12(7-15(11)25-10)16-8-13(21-26-16)9-24-18(23)14-4-5-17(22)20-19-14/h2-5,7-8,10H,6,9H2,1H3,(H,20,22). The van der Waals surface area contributed by atoms with Crippen LogP contribution in [-0.4, -0.2) is 27.4 Å². The smallest absolute Gasteiger partial charge is 0.359 e. The summed E-state index contributed by atoms with van der Waals surface area (Å²) < 4.78 is 16.2.